The molecule has 0 unspecified atom stereocenters. The fourth-order valence-corrected chi connectivity index (χ4v) is 3.20. The first-order chi connectivity index (χ1) is 13.4. The van der Waals surface area contributed by atoms with Crippen LogP contribution in [-0.4, -0.2) is 62.0 Å². The zero-order valence-electron chi connectivity index (χ0n) is 16.5. The van der Waals surface area contributed by atoms with E-state index >= 15 is 0 Å². The number of nitrogens with one attached hydrogen (secondary N) is 1. The van der Waals surface area contributed by atoms with Crippen molar-refractivity contribution in [2.75, 3.05) is 51.4 Å². The number of carbonyl (C=O) groups is 2. The maximum atomic E-state index is 12.9. The second-order valence-electron chi connectivity index (χ2n) is 7.04. The normalized spacial score (nSPS) is 14.6. The fourth-order valence-electron chi connectivity index (χ4n) is 3.20. The van der Waals surface area contributed by atoms with E-state index in [2.05, 4.69) is 10.2 Å². The second-order valence-corrected chi connectivity index (χ2v) is 7.04. The average molecular weight is 382 g/mol. The highest BCUT2D eigenvalue weighted by atomic mass is 16.5. The third kappa shape index (κ3) is 4.26. The first kappa shape index (κ1) is 19.7. The molecule has 1 aliphatic heterocycles. The number of aryl methyl sites for hydroxylation is 1. The van der Waals surface area contributed by atoms with Crippen molar-refractivity contribution in [2.24, 2.45) is 0 Å². The van der Waals surface area contributed by atoms with Gasteiger partial charge in [-0.25, -0.2) is 0 Å². The van der Waals surface area contributed by atoms with Gasteiger partial charge in [-0.05, 0) is 49.9 Å². The van der Waals surface area contributed by atoms with Gasteiger partial charge in [0.05, 0.1) is 12.8 Å². The summed E-state index contributed by atoms with van der Waals surface area (Å²) in [6, 6.07) is 10.3. The third-order valence-corrected chi connectivity index (χ3v) is 4.99. The number of nitrogens with zero attached hydrogens (tertiary/aromatic N) is 2. The van der Waals surface area contributed by atoms with Crippen LogP contribution in [0.3, 0.4) is 0 Å². The molecule has 3 N–H and O–H groups in total. The van der Waals surface area contributed by atoms with Crippen LogP contribution in [0.25, 0.3) is 0 Å². The van der Waals surface area contributed by atoms with E-state index in [0.717, 1.165) is 18.7 Å². The third-order valence-electron chi connectivity index (χ3n) is 4.99. The number of nitrogens with two attached hydrogens (primary N) is 1. The molecule has 0 aliphatic carbocycles. The Morgan fingerprint density at radius 2 is 1.79 bits per heavy atom. The van der Waals surface area contributed by atoms with Crippen LogP contribution in [0.1, 0.15) is 26.3 Å². The minimum Gasteiger partial charge on any atom is -0.495 e. The molecule has 1 fully saturated rings. The number of anilines is 2. The Kier molecular flexibility index (Phi) is 5.84. The maximum absolute atomic E-state index is 12.9. The van der Waals surface area contributed by atoms with Gasteiger partial charge >= 0.3 is 0 Å². The molecule has 0 bridgehead atoms. The summed E-state index contributed by atoms with van der Waals surface area (Å²) in [5.41, 5.74) is 8.60. The lowest BCUT2D eigenvalue weighted by Gasteiger charge is -2.32. The van der Waals surface area contributed by atoms with E-state index in [-0.39, 0.29) is 11.8 Å². The number of piperazine rings is 1. The highest BCUT2D eigenvalue weighted by Crippen LogP contribution is 2.27. The molecular formula is C21H26N4O3. The Balaban J connectivity index is 1.84. The number of nitrogen functional groups attached to an aromatic ring is 1. The van der Waals surface area contributed by atoms with Gasteiger partial charge in [0.25, 0.3) is 11.8 Å². The molecule has 0 saturated carbocycles. The van der Waals surface area contributed by atoms with E-state index in [4.69, 9.17) is 10.5 Å². The van der Waals surface area contributed by atoms with Crippen molar-refractivity contribution in [3.05, 3.63) is 53.1 Å². The Bertz CT molecular complexity index is 889. The van der Waals surface area contributed by atoms with Crippen molar-refractivity contribution in [3.8, 4) is 5.75 Å². The van der Waals surface area contributed by atoms with Crippen LogP contribution in [0.4, 0.5) is 11.4 Å². The molecule has 7 heteroatoms. The van der Waals surface area contributed by atoms with E-state index in [1.54, 1.807) is 36.4 Å². The summed E-state index contributed by atoms with van der Waals surface area (Å²) in [7, 11) is 3.57. The SMILES string of the molecule is COc1ccc(C(=O)N2CCN(C)CC2)cc1NC(=O)c1cc(N)ccc1C. The Morgan fingerprint density at radius 3 is 2.46 bits per heavy atom. The molecule has 0 aromatic heterocycles. The number of hydrogen-bond acceptors (Lipinski definition) is 5. The lowest BCUT2D eigenvalue weighted by molar-refractivity contribution is 0.0664. The molecule has 2 aromatic rings. The van der Waals surface area contributed by atoms with Gasteiger partial charge in [0, 0.05) is 43.0 Å². The van der Waals surface area contributed by atoms with Crippen LogP contribution in [-0.2, 0) is 0 Å². The predicted molar refractivity (Wildman–Crippen MR) is 110 cm³/mol. The van der Waals surface area contributed by atoms with Gasteiger partial charge in [0.2, 0.25) is 0 Å². The van der Waals surface area contributed by atoms with Crippen LogP contribution in [0.2, 0.25) is 0 Å². The van der Waals surface area contributed by atoms with Gasteiger partial charge in [0.15, 0.2) is 0 Å². The first-order valence-corrected chi connectivity index (χ1v) is 9.22. The van der Waals surface area contributed by atoms with Crippen molar-refractivity contribution in [3.63, 3.8) is 0 Å². The van der Waals surface area contributed by atoms with Crippen LogP contribution in [0, 0.1) is 6.92 Å². The van der Waals surface area contributed by atoms with Gasteiger partial charge in [-0.2, -0.15) is 0 Å². The van der Waals surface area contributed by atoms with Crippen molar-refractivity contribution < 1.29 is 14.3 Å². The van der Waals surface area contributed by atoms with Crippen molar-refractivity contribution in [1.82, 2.24) is 9.80 Å². The summed E-state index contributed by atoms with van der Waals surface area (Å²) in [6.45, 7) is 4.91. The molecule has 0 atom stereocenters. The number of likely N-dealkylation sites (N-methyl/N-ethyl adjacent to an activating group) is 1. The number of amides is 2. The largest absolute Gasteiger partial charge is 0.495 e. The molecule has 28 heavy (non-hydrogen) atoms. The molecule has 0 radical (unpaired) electrons. The average Bonchev–Trinajstić information content (AvgIpc) is 2.69. The standard InChI is InChI=1S/C21H26N4O3/c1-14-4-6-16(22)13-17(14)20(26)23-18-12-15(5-7-19(18)28-3)21(27)25-10-8-24(2)9-11-25/h4-7,12-13H,8-11,22H2,1-3H3,(H,23,26). The summed E-state index contributed by atoms with van der Waals surface area (Å²) in [5, 5.41) is 2.85. The van der Waals surface area contributed by atoms with Gasteiger partial charge in [-0.15, -0.1) is 0 Å². The molecule has 7 nitrogen and oxygen atoms in total. The summed E-state index contributed by atoms with van der Waals surface area (Å²) >= 11 is 0. The zero-order valence-corrected chi connectivity index (χ0v) is 16.5. The number of rotatable bonds is 4. The summed E-state index contributed by atoms with van der Waals surface area (Å²) in [5.74, 6) is 0.142. The molecule has 2 amide bonds. The molecule has 0 spiro atoms. The van der Waals surface area contributed by atoms with E-state index in [1.165, 1.54) is 7.11 Å². The molecule has 1 saturated heterocycles. The summed E-state index contributed by atoms with van der Waals surface area (Å²) in [4.78, 5) is 29.6. The number of benzene rings is 2. The smallest absolute Gasteiger partial charge is 0.256 e. The van der Waals surface area contributed by atoms with Crippen molar-refractivity contribution in [1.29, 1.82) is 0 Å². The van der Waals surface area contributed by atoms with E-state index < -0.39 is 0 Å². The number of methoxy groups -OCH3 is 1. The molecular weight excluding hydrogens is 356 g/mol. The predicted octanol–water partition coefficient (Wildman–Crippen LogP) is 2.23. The lowest BCUT2D eigenvalue weighted by atomic mass is 10.1. The minimum absolute atomic E-state index is 0.0496. The topological polar surface area (TPSA) is 87.9 Å². The van der Waals surface area contributed by atoms with Crippen LogP contribution < -0.4 is 15.8 Å². The van der Waals surface area contributed by atoms with Gasteiger partial charge in [-0.3, -0.25) is 9.59 Å². The highest BCUT2D eigenvalue weighted by Gasteiger charge is 2.22. The van der Waals surface area contributed by atoms with Gasteiger partial charge in [-0.1, -0.05) is 6.07 Å². The molecule has 1 aliphatic rings. The van der Waals surface area contributed by atoms with Gasteiger partial charge in [0.1, 0.15) is 5.75 Å². The Morgan fingerprint density at radius 1 is 1.07 bits per heavy atom. The first-order valence-electron chi connectivity index (χ1n) is 9.22. The fraction of sp³-hybridized carbons (Fsp3) is 0.333. The van der Waals surface area contributed by atoms with Crippen molar-refractivity contribution >= 4 is 23.2 Å². The van der Waals surface area contributed by atoms with Gasteiger partial charge < -0.3 is 25.6 Å². The number of hydrogen-bond donors (Lipinski definition) is 2. The Hall–Kier alpha value is -3.06. The molecule has 148 valence electrons. The van der Waals surface area contributed by atoms with Crippen LogP contribution in [0.15, 0.2) is 36.4 Å². The second kappa shape index (κ2) is 8.31. The summed E-state index contributed by atoms with van der Waals surface area (Å²) < 4.78 is 5.36. The molecule has 3 rings (SSSR count). The van der Waals surface area contributed by atoms with Crippen LogP contribution >= 0.6 is 0 Å². The van der Waals surface area contributed by atoms with Crippen molar-refractivity contribution in [2.45, 2.75) is 6.92 Å². The van der Waals surface area contributed by atoms with E-state index in [9.17, 15) is 9.59 Å². The highest BCUT2D eigenvalue weighted by molar-refractivity contribution is 6.07. The molecule has 1 heterocycles. The Labute approximate surface area is 165 Å². The monoisotopic (exact) mass is 382 g/mol. The lowest BCUT2D eigenvalue weighted by Crippen LogP contribution is -2.47. The number of carbonyl (C=O) groups excluding carboxylic acids is 2. The molecule has 2 aromatic carbocycles. The summed E-state index contributed by atoms with van der Waals surface area (Å²) in [6.07, 6.45) is 0. The quantitative estimate of drug-likeness (QED) is 0.792. The van der Waals surface area contributed by atoms with E-state index in [1.807, 2.05) is 18.9 Å². The maximum Gasteiger partial charge on any atom is 0.256 e. The van der Waals surface area contributed by atoms with Crippen LogP contribution in [0.5, 0.6) is 5.75 Å². The van der Waals surface area contributed by atoms with E-state index in [0.29, 0.717) is 41.3 Å². The minimum atomic E-state index is -0.299. The number of ether oxygens (including phenoxy) is 1. The zero-order chi connectivity index (χ0) is 20.3.